The summed E-state index contributed by atoms with van der Waals surface area (Å²) in [4.78, 5) is 2.55. The third-order valence-electron chi connectivity index (χ3n) is 4.60. The second-order valence-corrected chi connectivity index (χ2v) is 6.48. The molecule has 0 spiro atoms. The molecule has 2 rings (SSSR count). The van der Waals surface area contributed by atoms with Crippen molar-refractivity contribution in [3.05, 3.63) is 23.2 Å². The van der Waals surface area contributed by atoms with Crippen LogP contribution in [0.25, 0.3) is 0 Å². The van der Waals surface area contributed by atoms with E-state index in [-0.39, 0.29) is 0 Å². The second-order valence-electron chi connectivity index (χ2n) is 6.48. The summed E-state index contributed by atoms with van der Waals surface area (Å²) in [5.41, 5.74) is 1.32. The van der Waals surface area contributed by atoms with Gasteiger partial charge in [0.15, 0.2) is 0 Å². The van der Waals surface area contributed by atoms with Crippen molar-refractivity contribution < 1.29 is 4.42 Å². The average molecular weight is 292 g/mol. The highest BCUT2D eigenvalue weighted by molar-refractivity contribution is 5.20. The quantitative estimate of drug-likeness (QED) is 0.731. The molecule has 1 aliphatic rings. The molecule has 3 nitrogen and oxygen atoms in total. The van der Waals surface area contributed by atoms with Crippen molar-refractivity contribution in [1.29, 1.82) is 0 Å². The lowest BCUT2D eigenvalue weighted by Gasteiger charge is -2.31. The lowest BCUT2D eigenvalue weighted by Crippen LogP contribution is -2.33. The van der Waals surface area contributed by atoms with E-state index in [2.05, 4.69) is 37.1 Å². The molecular weight excluding hydrogens is 260 g/mol. The fourth-order valence-electron chi connectivity index (χ4n) is 3.30. The lowest BCUT2D eigenvalue weighted by atomic mass is 9.92. The highest BCUT2D eigenvalue weighted by atomic mass is 16.3. The summed E-state index contributed by atoms with van der Waals surface area (Å²) in [6.45, 7) is 12.0. The highest BCUT2D eigenvalue weighted by Gasteiger charge is 2.19. The molecule has 2 heterocycles. The van der Waals surface area contributed by atoms with Gasteiger partial charge in [-0.25, -0.2) is 0 Å². The van der Waals surface area contributed by atoms with Gasteiger partial charge in [-0.3, -0.25) is 4.90 Å². The molecule has 21 heavy (non-hydrogen) atoms. The van der Waals surface area contributed by atoms with Gasteiger partial charge in [-0.05, 0) is 57.8 Å². The predicted molar refractivity (Wildman–Crippen MR) is 88.4 cm³/mol. The van der Waals surface area contributed by atoms with Crippen molar-refractivity contribution in [3.63, 3.8) is 0 Å². The number of hydrogen-bond acceptors (Lipinski definition) is 3. The zero-order valence-corrected chi connectivity index (χ0v) is 14.1. The first-order valence-corrected chi connectivity index (χ1v) is 8.74. The Morgan fingerprint density at radius 2 is 2.00 bits per heavy atom. The summed E-state index contributed by atoms with van der Waals surface area (Å²) in [7, 11) is 0. The van der Waals surface area contributed by atoms with Gasteiger partial charge in [0.25, 0.3) is 0 Å². The fourth-order valence-corrected chi connectivity index (χ4v) is 3.30. The molecule has 3 heteroatoms. The molecule has 0 bridgehead atoms. The third kappa shape index (κ3) is 5.15. The van der Waals surface area contributed by atoms with E-state index >= 15 is 0 Å². The van der Waals surface area contributed by atoms with Gasteiger partial charge in [0.05, 0.1) is 6.54 Å². The first kappa shape index (κ1) is 16.6. The van der Waals surface area contributed by atoms with Gasteiger partial charge in [0, 0.05) is 12.1 Å². The number of aryl methyl sites for hydroxylation is 1. The van der Waals surface area contributed by atoms with Crippen LogP contribution in [0.5, 0.6) is 0 Å². The van der Waals surface area contributed by atoms with Crippen molar-refractivity contribution >= 4 is 0 Å². The van der Waals surface area contributed by atoms with Gasteiger partial charge in [-0.2, -0.15) is 0 Å². The molecule has 0 atom stereocenters. The number of piperidine rings is 1. The zero-order valence-electron chi connectivity index (χ0n) is 14.1. The van der Waals surface area contributed by atoms with E-state index in [1.807, 2.05) is 0 Å². The molecule has 120 valence electrons. The molecule has 0 radical (unpaired) electrons. The molecule has 0 aromatic carbocycles. The van der Waals surface area contributed by atoms with E-state index in [9.17, 15) is 0 Å². The number of likely N-dealkylation sites (tertiary alicyclic amines) is 1. The van der Waals surface area contributed by atoms with E-state index < -0.39 is 0 Å². The Kier molecular flexibility index (Phi) is 6.78. The summed E-state index contributed by atoms with van der Waals surface area (Å²) in [5.74, 6) is 3.17. The summed E-state index contributed by atoms with van der Waals surface area (Å²) < 4.78 is 5.94. The number of nitrogens with zero attached hydrogens (tertiary/aromatic N) is 1. The van der Waals surface area contributed by atoms with Crippen LogP contribution < -0.4 is 5.32 Å². The predicted octanol–water partition coefficient (Wildman–Crippen LogP) is 4.10. The molecule has 1 aromatic rings. The van der Waals surface area contributed by atoms with Gasteiger partial charge < -0.3 is 9.73 Å². The molecule has 1 saturated heterocycles. The second kappa shape index (κ2) is 8.60. The first-order valence-electron chi connectivity index (χ1n) is 8.74. The van der Waals surface area contributed by atoms with Gasteiger partial charge in [0.2, 0.25) is 0 Å². The van der Waals surface area contributed by atoms with Crippen LogP contribution in [-0.4, -0.2) is 24.5 Å². The number of furan rings is 1. The molecular formula is C18H32N2O. The topological polar surface area (TPSA) is 28.4 Å². The largest absolute Gasteiger partial charge is 0.465 e. The maximum absolute atomic E-state index is 5.94. The van der Waals surface area contributed by atoms with Crippen molar-refractivity contribution in [2.24, 2.45) is 5.92 Å². The Morgan fingerprint density at radius 1 is 1.24 bits per heavy atom. The van der Waals surface area contributed by atoms with Crippen molar-refractivity contribution in [1.82, 2.24) is 10.2 Å². The summed E-state index contributed by atoms with van der Waals surface area (Å²) in [5, 5.41) is 3.46. The third-order valence-corrected chi connectivity index (χ3v) is 4.60. The van der Waals surface area contributed by atoms with Crippen LogP contribution >= 0.6 is 0 Å². The summed E-state index contributed by atoms with van der Waals surface area (Å²) in [6.07, 6.45) is 6.63. The van der Waals surface area contributed by atoms with Gasteiger partial charge in [-0.1, -0.05) is 26.7 Å². The molecule has 0 amide bonds. The Labute approximate surface area is 130 Å². The van der Waals surface area contributed by atoms with E-state index in [0.29, 0.717) is 0 Å². The maximum Gasteiger partial charge on any atom is 0.118 e. The monoisotopic (exact) mass is 292 g/mol. The number of hydrogen-bond donors (Lipinski definition) is 1. The van der Waals surface area contributed by atoms with Crippen LogP contribution in [0.15, 0.2) is 10.5 Å². The first-order chi connectivity index (χ1) is 10.2. The molecule has 1 N–H and O–H groups in total. The van der Waals surface area contributed by atoms with Crippen LogP contribution in [0.1, 0.15) is 63.0 Å². The van der Waals surface area contributed by atoms with E-state index in [0.717, 1.165) is 37.1 Å². The zero-order chi connectivity index (χ0) is 15.1. The van der Waals surface area contributed by atoms with E-state index in [1.54, 1.807) is 0 Å². The average Bonchev–Trinajstić information content (AvgIpc) is 2.82. The SMILES string of the molecule is CCCNCc1cc(CN2CCC(CCC)CC2)oc1C. The van der Waals surface area contributed by atoms with Crippen LogP contribution in [-0.2, 0) is 13.1 Å². The Bertz CT molecular complexity index is 405. The van der Waals surface area contributed by atoms with Crippen molar-refractivity contribution in [2.75, 3.05) is 19.6 Å². The van der Waals surface area contributed by atoms with E-state index in [1.165, 1.54) is 50.8 Å². The molecule has 1 fully saturated rings. The summed E-state index contributed by atoms with van der Waals surface area (Å²) in [6, 6.07) is 2.25. The standard InChI is InChI=1S/C18H32N2O/c1-4-6-16-7-10-20(11-8-16)14-18-12-17(15(3)21-18)13-19-9-5-2/h12,16,19H,4-11,13-14H2,1-3H3. The van der Waals surface area contributed by atoms with Gasteiger partial charge in [-0.15, -0.1) is 0 Å². The minimum atomic E-state index is 0.932. The van der Waals surface area contributed by atoms with Crippen LogP contribution in [0.2, 0.25) is 0 Å². The molecule has 0 saturated carbocycles. The van der Waals surface area contributed by atoms with Crippen molar-refractivity contribution in [2.45, 2.75) is 66.0 Å². The van der Waals surface area contributed by atoms with E-state index in [4.69, 9.17) is 4.42 Å². The number of nitrogens with one attached hydrogen (secondary N) is 1. The molecule has 0 aliphatic carbocycles. The van der Waals surface area contributed by atoms with Crippen LogP contribution in [0, 0.1) is 12.8 Å². The Balaban J connectivity index is 1.79. The fraction of sp³-hybridized carbons (Fsp3) is 0.778. The lowest BCUT2D eigenvalue weighted by molar-refractivity contribution is 0.161. The van der Waals surface area contributed by atoms with Crippen molar-refractivity contribution in [3.8, 4) is 0 Å². The van der Waals surface area contributed by atoms with Gasteiger partial charge >= 0.3 is 0 Å². The van der Waals surface area contributed by atoms with Crippen LogP contribution in [0.3, 0.4) is 0 Å². The summed E-state index contributed by atoms with van der Waals surface area (Å²) >= 11 is 0. The Morgan fingerprint density at radius 3 is 2.67 bits per heavy atom. The highest BCUT2D eigenvalue weighted by Crippen LogP contribution is 2.24. The molecule has 0 unspecified atom stereocenters. The smallest absolute Gasteiger partial charge is 0.118 e. The number of rotatable bonds is 8. The normalized spacial score (nSPS) is 17.5. The van der Waals surface area contributed by atoms with Gasteiger partial charge in [0.1, 0.15) is 11.5 Å². The van der Waals surface area contributed by atoms with Crippen LogP contribution in [0.4, 0.5) is 0 Å². The minimum absolute atomic E-state index is 0.932. The Hall–Kier alpha value is -0.800. The molecule has 1 aromatic heterocycles. The maximum atomic E-state index is 5.94. The molecule has 1 aliphatic heterocycles. The minimum Gasteiger partial charge on any atom is -0.465 e.